The third-order valence-corrected chi connectivity index (χ3v) is 4.58. The number of rotatable bonds is 5. The van der Waals surface area contributed by atoms with Crippen molar-refractivity contribution in [3.8, 4) is 0 Å². The van der Waals surface area contributed by atoms with E-state index in [0.29, 0.717) is 18.2 Å². The van der Waals surface area contributed by atoms with Crippen LogP contribution in [0.15, 0.2) is 5.38 Å². The van der Waals surface area contributed by atoms with Gasteiger partial charge >= 0.3 is 0 Å². The summed E-state index contributed by atoms with van der Waals surface area (Å²) in [5, 5.41) is 3.38. The van der Waals surface area contributed by atoms with Gasteiger partial charge in [0.1, 0.15) is 5.78 Å². The Hall–Kier alpha value is -0.740. The maximum Gasteiger partial charge on any atom is 0.131 e. The summed E-state index contributed by atoms with van der Waals surface area (Å²) in [6, 6.07) is 0.433. The highest BCUT2D eigenvalue weighted by Crippen LogP contribution is 2.22. The first-order valence-electron chi connectivity index (χ1n) is 6.85. The van der Waals surface area contributed by atoms with Crippen molar-refractivity contribution in [2.75, 3.05) is 6.54 Å². The van der Waals surface area contributed by atoms with Crippen molar-refractivity contribution in [3.63, 3.8) is 0 Å². The third kappa shape index (κ3) is 3.62. The number of hydrogen-bond donors (Lipinski definition) is 0. The zero-order chi connectivity index (χ0) is 13.0. The quantitative estimate of drug-likeness (QED) is 0.821. The molecule has 4 heteroatoms. The van der Waals surface area contributed by atoms with Gasteiger partial charge in [0.15, 0.2) is 0 Å². The lowest BCUT2D eigenvalue weighted by Crippen LogP contribution is -2.40. The van der Waals surface area contributed by atoms with E-state index < -0.39 is 0 Å². The number of hydrogen-bond acceptors (Lipinski definition) is 4. The summed E-state index contributed by atoms with van der Waals surface area (Å²) < 4.78 is 0. The fraction of sp³-hybridized carbons (Fsp3) is 0.714. The van der Waals surface area contributed by atoms with Crippen LogP contribution in [0.25, 0.3) is 0 Å². The normalized spacial score (nSPS) is 21.1. The molecule has 0 amide bonds. The monoisotopic (exact) mass is 266 g/mol. The maximum absolute atomic E-state index is 11.3. The predicted octanol–water partition coefficient (Wildman–Crippen LogP) is 3.04. The highest BCUT2D eigenvalue weighted by molar-refractivity contribution is 7.09. The molecule has 1 aromatic rings. The molecule has 0 aromatic carbocycles. The van der Waals surface area contributed by atoms with Gasteiger partial charge in [0.25, 0.3) is 0 Å². The fourth-order valence-electron chi connectivity index (χ4n) is 2.62. The second kappa shape index (κ2) is 6.43. The van der Waals surface area contributed by atoms with Gasteiger partial charge in [-0.05, 0) is 32.7 Å². The molecule has 1 aliphatic heterocycles. The van der Waals surface area contributed by atoms with Crippen LogP contribution in [-0.4, -0.2) is 28.3 Å². The number of Topliss-reactive ketones (excluding diaryl/α,β-unsaturated/α-hetero) is 1. The first kappa shape index (κ1) is 13.7. The van der Waals surface area contributed by atoms with E-state index in [0.717, 1.165) is 25.9 Å². The number of piperidine rings is 1. The number of thiazole rings is 1. The van der Waals surface area contributed by atoms with E-state index in [4.69, 9.17) is 0 Å². The van der Waals surface area contributed by atoms with Gasteiger partial charge < -0.3 is 0 Å². The van der Waals surface area contributed by atoms with Crippen molar-refractivity contribution in [3.05, 3.63) is 16.1 Å². The molecule has 1 atom stereocenters. The molecule has 1 saturated heterocycles. The first-order chi connectivity index (χ1) is 8.69. The van der Waals surface area contributed by atoms with Crippen molar-refractivity contribution in [1.82, 2.24) is 9.88 Å². The minimum atomic E-state index is 0.305. The van der Waals surface area contributed by atoms with E-state index in [1.807, 2.05) is 0 Å². The van der Waals surface area contributed by atoms with E-state index in [1.165, 1.54) is 23.5 Å². The smallest absolute Gasteiger partial charge is 0.131 e. The third-order valence-electron chi connectivity index (χ3n) is 3.54. The Bertz CT molecular complexity index is 402. The molecule has 0 spiro atoms. The van der Waals surface area contributed by atoms with Crippen molar-refractivity contribution < 1.29 is 4.79 Å². The molecule has 2 heterocycles. The van der Waals surface area contributed by atoms with Crippen LogP contribution in [0, 0.1) is 0 Å². The number of ketones is 1. The Balaban J connectivity index is 1.98. The largest absolute Gasteiger partial charge is 0.300 e. The van der Waals surface area contributed by atoms with Crippen molar-refractivity contribution in [1.29, 1.82) is 0 Å². The molecular weight excluding hydrogens is 244 g/mol. The zero-order valence-electron chi connectivity index (χ0n) is 11.3. The maximum atomic E-state index is 11.3. The Kier molecular flexibility index (Phi) is 4.89. The summed E-state index contributed by atoms with van der Waals surface area (Å²) in [6.45, 7) is 5.86. The summed E-state index contributed by atoms with van der Waals surface area (Å²) in [5.74, 6) is 0.305. The second-order valence-corrected chi connectivity index (χ2v) is 6.06. The van der Waals surface area contributed by atoms with Crippen molar-refractivity contribution >= 4 is 17.1 Å². The van der Waals surface area contributed by atoms with Crippen LogP contribution in [0.4, 0.5) is 0 Å². The topological polar surface area (TPSA) is 33.2 Å². The first-order valence-corrected chi connectivity index (χ1v) is 7.73. The lowest BCUT2D eigenvalue weighted by molar-refractivity contribution is -0.118. The predicted molar refractivity (Wildman–Crippen MR) is 74.8 cm³/mol. The van der Waals surface area contributed by atoms with Crippen LogP contribution in [0.5, 0.6) is 0 Å². The lowest BCUT2D eigenvalue weighted by Gasteiger charge is -2.34. The van der Waals surface area contributed by atoms with Gasteiger partial charge in [-0.3, -0.25) is 9.69 Å². The number of aryl methyl sites for hydroxylation is 1. The number of likely N-dealkylation sites (tertiary alicyclic amines) is 1. The lowest BCUT2D eigenvalue weighted by atomic mass is 9.97. The highest BCUT2D eigenvalue weighted by Gasteiger charge is 2.24. The van der Waals surface area contributed by atoms with Crippen LogP contribution < -0.4 is 0 Å². The molecule has 0 radical (unpaired) electrons. The van der Waals surface area contributed by atoms with Crippen LogP contribution in [0.1, 0.15) is 50.2 Å². The van der Waals surface area contributed by atoms with Crippen LogP contribution in [0.3, 0.4) is 0 Å². The van der Waals surface area contributed by atoms with Gasteiger partial charge in [0.2, 0.25) is 0 Å². The van der Waals surface area contributed by atoms with E-state index in [9.17, 15) is 4.79 Å². The van der Waals surface area contributed by atoms with Crippen LogP contribution in [-0.2, 0) is 17.8 Å². The molecule has 0 saturated carbocycles. The number of nitrogens with zero attached hydrogens (tertiary/aromatic N) is 2. The van der Waals surface area contributed by atoms with E-state index >= 15 is 0 Å². The molecule has 0 bridgehead atoms. The highest BCUT2D eigenvalue weighted by atomic mass is 32.1. The fourth-order valence-corrected chi connectivity index (χ4v) is 3.36. The summed E-state index contributed by atoms with van der Waals surface area (Å²) in [7, 11) is 0. The summed E-state index contributed by atoms with van der Waals surface area (Å²) in [6.07, 6.45) is 5.38. The zero-order valence-corrected chi connectivity index (χ0v) is 12.1. The average molecular weight is 266 g/mol. The van der Waals surface area contributed by atoms with Gasteiger partial charge in [0.05, 0.1) is 10.7 Å². The van der Waals surface area contributed by atoms with Crippen LogP contribution in [0.2, 0.25) is 0 Å². The summed E-state index contributed by atoms with van der Waals surface area (Å²) in [5.41, 5.74) is 1.17. The van der Waals surface area contributed by atoms with Crippen molar-refractivity contribution in [2.24, 2.45) is 0 Å². The Morgan fingerprint density at radius 2 is 2.39 bits per heavy atom. The molecule has 1 unspecified atom stereocenters. The Morgan fingerprint density at radius 3 is 3.06 bits per heavy atom. The van der Waals surface area contributed by atoms with Gasteiger partial charge in [-0.1, -0.05) is 13.3 Å². The minimum Gasteiger partial charge on any atom is -0.300 e. The molecule has 1 fully saturated rings. The summed E-state index contributed by atoms with van der Waals surface area (Å²) >= 11 is 1.75. The van der Waals surface area contributed by atoms with E-state index in [-0.39, 0.29) is 0 Å². The number of aromatic nitrogens is 1. The van der Waals surface area contributed by atoms with E-state index in [1.54, 1.807) is 18.3 Å². The molecule has 3 nitrogen and oxygen atoms in total. The molecule has 2 rings (SSSR count). The molecule has 0 aliphatic carbocycles. The molecule has 0 N–H and O–H groups in total. The number of carbonyl (C=O) groups excluding carboxylic acids is 1. The van der Waals surface area contributed by atoms with E-state index in [2.05, 4.69) is 22.2 Å². The standard InChI is InChI=1S/C14H22N2OS/c1-3-14-15-12(10-18-14)9-16-7-5-4-6-13(16)8-11(2)17/h10,13H,3-9H2,1-2H3. The molecule has 18 heavy (non-hydrogen) atoms. The Labute approximate surface area is 113 Å². The summed E-state index contributed by atoms with van der Waals surface area (Å²) in [4.78, 5) is 18.4. The van der Waals surface area contributed by atoms with Gasteiger partial charge in [0, 0.05) is 24.4 Å². The van der Waals surface area contributed by atoms with Crippen molar-refractivity contribution in [2.45, 2.75) is 58.5 Å². The minimum absolute atomic E-state index is 0.305. The molecular formula is C14H22N2OS. The molecule has 100 valence electrons. The van der Waals surface area contributed by atoms with Crippen LogP contribution >= 0.6 is 11.3 Å². The van der Waals surface area contributed by atoms with Gasteiger partial charge in [-0.15, -0.1) is 11.3 Å². The second-order valence-electron chi connectivity index (χ2n) is 5.11. The average Bonchev–Trinajstić information content (AvgIpc) is 2.79. The number of carbonyl (C=O) groups is 1. The molecule has 1 aliphatic rings. The van der Waals surface area contributed by atoms with Gasteiger partial charge in [-0.25, -0.2) is 4.98 Å². The molecule has 1 aromatic heterocycles. The van der Waals surface area contributed by atoms with Gasteiger partial charge in [-0.2, -0.15) is 0 Å². The Morgan fingerprint density at radius 1 is 1.56 bits per heavy atom. The SMILES string of the molecule is CCc1nc(CN2CCCCC2CC(C)=O)cs1.